The van der Waals surface area contributed by atoms with Crippen LogP contribution < -0.4 is 9.64 Å². The molecule has 2 aromatic rings. The lowest BCUT2D eigenvalue weighted by Crippen LogP contribution is -2.14. The molecular formula is C16H23N3O. The van der Waals surface area contributed by atoms with Gasteiger partial charge >= 0.3 is 0 Å². The van der Waals surface area contributed by atoms with Gasteiger partial charge in [-0.3, -0.25) is 0 Å². The van der Waals surface area contributed by atoms with Crippen molar-refractivity contribution in [3.63, 3.8) is 0 Å². The SMILES string of the molecule is CC.COc1cc(C)nc(N(C)c2ccc(C)cc2)n1. The molecule has 108 valence electrons. The summed E-state index contributed by atoms with van der Waals surface area (Å²) in [5.41, 5.74) is 3.17. The Morgan fingerprint density at radius 3 is 2.15 bits per heavy atom. The molecular weight excluding hydrogens is 250 g/mol. The number of aryl methyl sites for hydroxylation is 2. The Labute approximate surface area is 121 Å². The molecule has 1 heterocycles. The Morgan fingerprint density at radius 1 is 1.00 bits per heavy atom. The number of nitrogens with zero attached hydrogens (tertiary/aromatic N) is 3. The molecule has 0 bridgehead atoms. The van der Waals surface area contributed by atoms with Gasteiger partial charge in [-0.1, -0.05) is 31.5 Å². The van der Waals surface area contributed by atoms with E-state index in [1.165, 1.54) is 5.56 Å². The first kappa shape index (κ1) is 16.0. The maximum Gasteiger partial charge on any atom is 0.233 e. The highest BCUT2D eigenvalue weighted by atomic mass is 16.5. The zero-order valence-electron chi connectivity index (χ0n) is 13.1. The van der Waals surface area contributed by atoms with Crippen molar-refractivity contribution in [2.45, 2.75) is 27.7 Å². The second-order valence-electron chi connectivity index (χ2n) is 4.25. The van der Waals surface area contributed by atoms with Crippen LogP contribution in [0.1, 0.15) is 25.1 Å². The van der Waals surface area contributed by atoms with Crippen LogP contribution >= 0.6 is 0 Å². The van der Waals surface area contributed by atoms with Crippen LogP contribution in [-0.2, 0) is 0 Å². The lowest BCUT2D eigenvalue weighted by Gasteiger charge is -2.18. The van der Waals surface area contributed by atoms with Crippen LogP contribution in [0.3, 0.4) is 0 Å². The van der Waals surface area contributed by atoms with Gasteiger partial charge in [0.15, 0.2) is 0 Å². The number of ether oxygens (including phenoxy) is 1. The minimum absolute atomic E-state index is 0.580. The first-order valence-electron chi connectivity index (χ1n) is 6.80. The van der Waals surface area contributed by atoms with E-state index >= 15 is 0 Å². The second kappa shape index (κ2) is 7.48. The predicted molar refractivity (Wildman–Crippen MR) is 83.9 cm³/mol. The van der Waals surface area contributed by atoms with E-state index in [4.69, 9.17) is 4.74 Å². The van der Waals surface area contributed by atoms with Crippen LogP contribution in [0.4, 0.5) is 11.6 Å². The molecule has 0 aliphatic rings. The molecule has 0 unspecified atom stereocenters. The average molecular weight is 273 g/mol. The molecule has 1 aromatic heterocycles. The van der Waals surface area contributed by atoms with Crippen LogP contribution in [0, 0.1) is 13.8 Å². The number of aromatic nitrogens is 2. The van der Waals surface area contributed by atoms with Crippen LogP contribution in [0.5, 0.6) is 5.88 Å². The molecule has 0 aliphatic carbocycles. The van der Waals surface area contributed by atoms with Crippen LogP contribution in [0.25, 0.3) is 0 Å². The Morgan fingerprint density at radius 2 is 1.60 bits per heavy atom. The van der Waals surface area contributed by atoms with Gasteiger partial charge < -0.3 is 9.64 Å². The molecule has 0 radical (unpaired) electrons. The Kier molecular flexibility index (Phi) is 5.97. The normalized spacial score (nSPS) is 9.50. The molecule has 0 fully saturated rings. The van der Waals surface area contributed by atoms with Crippen molar-refractivity contribution in [1.82, 2.24) is 9.97 Å². The molecule has 4 heteroatoms. The topological polar surface area (TPSA) is 38.2 Å². The summed E-state index contributed by atoms with van der Waals surface area (Å²) in [5, 5.41) is 0. The molecule has 0 saturated heterocycles. The van der Waals surface area contributed by atoms with Crippen LogP contribution in [0.2, 0.25) is 0 Å². The summed E-state index contributed by atoms with van der Waals surface area (Å²) in [7, 11) is 3.55. The molecule has 0 N–H and O–H groups in total. The van der Waals surface area contributed by atoms with Crippen molar-refractivity contribution in [2.75, 3.05) is 19.1 Å². The summed E-state index contributed by atoms with van der Waals surface area (Å²) in [6.07, 6.45) is 0. The van der Waals surface area contributed by atoms with E-state index in [1.54, 1.807) is 7.11 Å². The van der Waals surface area contributed by atoms with E-state index in [1.807, 2.05) is 50.9 Å². The molecule has 1 aromatic carbocycles. The highest BCUT2D eigenvalue weighted by molar-refractivity contribution is 5.57. The van der Waals surface area contributed by atoms with Crippen molar-refractivity contribution in [3.05, 3.63) is 41.6 Å². The molecule has 0 aliphatic heterocycles. The third-order valence-electron chi connectivity index (χ3n) is 2.75. The number of methoxy groups -OCH3 is 1. The van der Waals surface area contributed by atoms with Gasteiger partial charge in [0.25, 0.3) is 0 Å². The van der Waals surface area contributed by atoms with E-state index in [-0.39, 0.29) is 0 Å². The largest absolute Gasteiger partial charge is 0.481 e. The van der Waals surface area contributed by atoms with Crippen molar-refractivity contribution in [3.8, 4) is 5.88 Å². The van der Waals surface area contributed by atoms with E-state index in [2.05, 4.69) is 29.0 Å². The van der Waals surface area contributed by atoms with E-state index in [9.17, 15) is 0 Å². The summed E-state index contributed by atoms with van der Waals surface area (Å²) in [6.45, 7) is 7.99. The van der Waals surface area contributed by atoms with Gasteiger partial charge in [-0.2, -0.15) is 4.98 Å². The van der Waals surface area contributed by atoms with Crippen molar-refractivity contribution in [1.29, 1.82) is 0 Å². The van der Waals surface area contributed by atoms with Gasteiger partial charge in [0, 0.05) is 24.5 Å². The lowest BCUT2D eigenvalue weighted by molar-refractivity contribution is 0.396. The minimum Gasteiger partial charge on any atom is -0.481 e. The van der Waals surface area contributed by atoms with E-state index < -0.39 is 0 Å². The fourth-order valence-electron chi connectivity index (χ4n) is 1.66. The van der Waals surface area contributed by atoms with E-state index in [0.717, 1.165) is 11.4 Å². The number of anilines is 2. The van der Waals surface area contributed by atoms with Gasteiger partial charge in [-0.15, -0.1) is 0 Å². The van der Waals surface area contributed by atoms with Gasteiger partial charge in [-0.05, 0) is 26.0 Å². The molecule has 0 spiro atoms. The maximum absolute atomic E-state index is 5.16. The third-order valence-corrected chi connectivity index (χ3v) is 2.75. The smallest absolute Gasteiger partial charge is 0.233 e. The molecule has 4 nitrogen and oxygen atoms in total. The van der Waals surface area contributed by atoms with Gasteiger partial charge in [0.05, 0.1) is 7.11 Å². The summed E-state index contributed by atoms with van der Waals surface area (Å²) in [5.74, 6) is 1.21. The van der Waals surface area contributed by atoms with Crippen molar-refractivity contribution >= 4 is 11.6 Å². The first-order valence-corrected chi connectivity index (χ1v) is 6.80. The zero-order valence-corrected chi connectivity index (χ0v) is 13.1. The maximum atomic E-state index is 5.16. The number of hydrogen-bond acceptors (Lipinski definition) is 4. The van der Waals surface area contributed by atoms with Crippen LogP contribution in [0.15, 0.2) is 30.3 Å². The van der Waals surface area contributed by atoms with Crippen molar-refractivity contribution < 1.29 is 4.74 Å². The highest BCUT2D eigenvalue weighted by Crippen LogP contribution is 2.22. The fraction of sp³-hybridized carbons (Fsp3) is 0.375. The van der Waals surface area contributed by atoms with Gasteiger partial charge in [0.2, 0.25) is 11.8 Å². The molecule has 20 heavy (non-hydrogen) atoms. The van der Waals surface area contributed by atoms with Crippen LogP contribution in [-0.4, -0.2) is 24.1 Å². The zero-order chi connectivity index (χ0) is 15.1. The van der Waals surface area contributed by atoms with Gasteiger partial charge in [0.1, 0.15) is 0 Å². The quantitative estimate of drug-likeness (QED) is 0.850. The molecule has 2 rings (SSSR count). The van der Waals surface area contributed by atoms with Gasteiger partial charge in [-0.25, -0.2) is 4.98 Å². The first-order chi connectivity index (χ1) is 9.60. The number of rotatable bonds is 3. The fourth-order valence-corrected chi connectivity index (χ4v) is 1.66. The summed E-state index contributed by atoms with van der Waals surface area (Å²) in [4.78, 5) is 10.7. The number of hydrogen-bond donors (Lipinski definition) is 0. The predicted octanol–water partition coefficient (Wildman–Crippen LogP) is 3.90. The standard InChI is InChI=1S/C14H17N3O.C2H6/c1-10-5-7-12(8-6-10)17(3)14-15-11(2)9-13(16-14)18-4;1-2/h5-9H,1-4H3;1-2H3. The average Bonchev–Trinajstić information content (AvgIpc) is 2.48. The van der Waals surface area contributed by atoms with E-state index in [0.29, 0.717) is 11.8 Å². The van der Waals surface area contributed by atoms with Crippen molar-refractivity contribution in [2.24, 2.45) is 0 Å². The Hall–Kier alpha value is -2.10. The molecule has 0 amide bonds. The monoisotopic (exact) mass is 273 g/mol. The summed E-state index contributed by atoms with van der Waals surface area (Å²) < 4.78 is 5.16. The molecule has 0 atom stereocenters. The molecule has 0 saturated carbocycles. The second-order valence-corrected chi connectivity index (χ2v) is 4.25. The minimum atomic E-state index is 0.580. The summed E-state index contributed by atoms with van der Waals surface area (Å²) >= 11 is 0. The lowest BCUT2D eigenvalue weighted by atomic mass is 10.2. The third kappa shape index (κ3) is 3.95. The highest BCUT2D eigenvalue weighted by Gasteiger charge is 2.09. The Bertz CT molecular complexity index is 538. The number of benzene rings is 1. The summed E-state index contributed by atoms with van der Waals surface area (Å²) in [6, 6.07) is 10.0. The Balaban J connectivity index is 0.000000956.